The minimum atomic E-state index is 0.474. The van der Waals surface area contributed by atoms with Crippen LogP contribution in [0.5, 0.6) is 0 Å². The SMILES string of the molecule is NCc1cccc(-c2nc(-c3ccoc3)no2)c1. The molecule has 3 aromatic rings. The summed E-state index contributed by atoms with van der Waals surface area (Å²) in [5.41, 5.74) is 8.28. The van der Waals surface area contributed by atoms with Crippen LogP contribution in [-0.4, -0.2) is 10.1 Å². The van der Waals surface area contributed by atoms with Gasteiger partial charge in [-0.2, -0.15) is 4.98 Å². The molecule has 0 unspecified atom stereocenters. The molecule has 5 nitrogen and oxygen atoms in total. The molecule has 0 amide bonds. The molecule has 0 aliphatic heterocycles. The molecular weight excluding hydrogens is 230 g/mol. The van der Waals surface area contributed by atoms with E-state index in [4.69, 9.17) is 14.7 Å². The van der Waals surface area contributed by atoms with Crippen LogP contribution in [0.3, 0.4) is 0 Å². The van der Waals surface area contributed by atoms with Gasteiger partial charge < -0.3 is 14.7 Å². The third kappa shape index (κ3) is 1.91. The highest BCUT2D eigenvalue weighted by Crippen LogP contribution is 2.22. The van der Waals surface area contributed by atoms with Crippen molar-refractivity contribution in [2.24, 2.45) is 5.73 Å². The topological polar surface area (TPSA) is 78.1 Å². The summed E-state index contributed by atoms with van der Waals surface area (Å²) < 4.78 is 10.2. The van der Waals surface area contributed by atoms with Gasteiger partial charge in [0.1, 0.15) is 6.26 Å². The Morgan fingerprint density at radius 2 is 2.11 bits per heavy atom. The number of furan rings is 1. The van der Waals surface area contributed by atoms with E-state index in [0.29, 0.717) is 18.3 Å². The van der Waals surface area contributed by atoms with Crippen molar-refractivity contribution in [2.45, 2.75) is 6.54 Å². The molecule has 0 saturated carbocycles. The van der Waals surface area contributed by atoms with Crippen molar-refractivity contribution in [3.63, 3.8) is 0 Å². The number of aromatic nitrogens is 2. The molecular formula is C13H11N3O2. The van der Waals surface area contributed by atoms with Gasteiger partial charge in [0, 0.05) is 12.1 Å². The second kappa shape index (κ2) is 4.46. The molecule has 0 atom stereocenters. The molecule has 90 valence electrons. The summed E-state index contributed by atoms with van der Waals surface area (Å²) in [5.74, 6) is 0.985. The first-order valence-electron chi connectivity index (χ1n) is 5.52. The van der Waals surface area contributed by atoms with Gasteiger partial charge in [-0.3, -0.25) is 0 Å². The lowest BCUT2D eigenvalue weighted by Gasteiger charge is -1.97. The second-order valence-electron chi connectivity index (χ2n) is 3.84. The summed E-state index contributed by atoms with van der Waals surface area (Å²) in [7, 11) is 0. The van der Waals surface area contributed by atoms with Crippen LogP contribution < -0.4 is 5.73 Å². The fourth-order valence-corrected chi connectivity index (χ4v) is 1.68. The highest BCUT2D eigenvalue weighted by atomic mass is 16.5. The van der Waals surface area contributed by atoms with Crippen molar-refractivity contribution in [3.8, 4) is 22.8 Å². The Hall–Kier alpha value is -2.40. The van der Waals surface area contributed by atoms with E-state index < -0.39 is 0 Å². The summed E-state index contributed by atoms with van der Waals surface area (Å²) in [6.45, 7) is 0.483. The highest BCUT2D eigenvalue weighted by Gasteiger charge is 2.11. The fourth-order valence-electron chi connectivity index (χ4n) is 1.68. The first-order valence-corrected chi connectivity index (χ1v) is 5.52. The molecule has 18 heavy (non-hydrogen) atoms. The van der Waals surface area contributed by atoms with Crippen molar-refractivity contribution in [2.75, 3.05) is 0 Å². The first-order chi connectivity index (χ1) is 8.86. The van der Waals surface area contributed by atoms with E-state index in [2.05, 4.69) is 10.1 Å². The van der Waals surface area contributed by atoms with Gasteiger partial charge in [0.25, 0.3) is 5.89 Å². The molecule has 0 aliphatic rings. The standard InChI is InChI=1S/C13H11N3O2/c14-7-9-2-1-3-10(6-9)13-15-12(16-18-13)11-4-5-17-8-11/h1-6,8H,7,14H2. The predicted molar refractivity (Wildman–Crippen MR) is 65.3 cm³/mol. The van der Waals surface area contributed by atoms with Gasteiger partial charge in [-0.25, -0.2) is 0 Å². The summed E-state index contributed by atoms with van der Waals surface area (Å²) in [6, 6.07) is 9.50. The Bertz CT molecular complexity index is 644. The Kier molecular flexibility index (Phi) is 2.66. The van der Waals surface area contributed by atoms with Gasteiger partial charge in [0.15, 0.2) is 0 Å². The maximum atomic E-state index is 5.60. The lowest BCUT2D eigenvalue weighted by molar-refractivity contribution is 0.432. The van der Waals surface area contributed by atoms with Crippen LogP contribution in [0.25, 0.3) is 22.8 Å². The normalized spacial score (nSPS) is 10.7. The van der Waals surface area contributed by atoms with Crippen LogP contribution in [0, 0.1) is 0 Å². The van der Waals surface area contributed by atoms with Gasteiger partial charge >= 0.3 is 0 Å². The number of nitrogens with two attached hydrogens (primary N) is 1. The zero-order valence-corrected chi connectivity index (χ0v) is 9.54. The van der Waals surface area contributed by atoms with Gasteiger partial charge in [-0.05, 0) is 23.8 Å². The molecule has 5 heteroatoms. The molecule has 0 aliphatic carbocycles. The molecule has 3 rings (SSSR count). The summed E-state index contributed by atoms with van der Waals surface area (Å²) >= 11 is 0. The molecule has 2 aromatic heterocycles. The molecule has 0 spiro atoms. The maximum absolute atomic E-state index is 5.60. The molecule has 0 radical (unpaired) electrons. The molecule has 0 saturated heterocycles. The van der Waals surface area contributed by atoms with Crippen molar-refractivity contribution in [3.05, 3.63) is 48.4 Å². The van der Waals surface area contributed by atoms with Crippen LogP contribution in [0.4, 0.5) is 0 Å². The van der Waals surface area contributed by atoms with E-state index in [0.717, 1.165) is 16.7 Å². The van der Waals surface area contributed by atoms with E-state index in [9.17, 15) is 0 Å². The van der Waals surface area contributed by atoms with E-state index in [1.165, 1.54) is 0 Å². The quantitative estimate of drug-likeness (QED) is 0.762. The lowest BCUT2D eigenvalue weighted by Crippen LogP contribution is -1.95. The average molecular weight is 241 g/mol. The van der Waals surface area contributed by atoms with E-state index in [-0.39, 0.29) is 0 Å². The number of benzene rings is 1. The number of hydrogen-bond donors (Lipinski definition) is 1. The molecule has 2 N–H and O–H groups in total. The number of nitrogens with zero attached hydrogens (tertiary/aromatic N) is 2. The largest absolute Gasteiger partial charge is 0.472 e. The van der Waals surface area contributed by atoms with Crippen LogP contribution in [0.1, 0.15) is 5.56 Å². The molecule has 0 bridgehead atoms. The van der Waals surface area contributed by atoms with Gasteiger partial charge in [-0.15, -0.1) is 0 Å². The van der Waals surface area contributed by atoms with Crippen molar-refractivity contribution < 1.29 is 8.94 Å². The fraction of sp³-hybridized carbons (Fsp3) is 0.0769. The van der Waals surface area contributed by atoms with E-state index in [1.807, 2.05) is 24.3 Å². The van der Waals surface area contributed by atoms with Crippen molar-refractivity contribution >= 4 is 0 Å². The molecule has 0 fully saturated rings. The second-order valence-corrected chi connectivity index (χ2v) is 3.84. The van der Waals surface area contributed by atoms with Gasteiger partial charge in [0.2, 0.25) is 5.82 Å². The average Bonchev–Trinajstić information content (AvgIpc) is 3.09. The Balaban J connectivity index is 1.97. The minimum Gasteiger partial charge on any atom is -0.472 e. The minimum absolute atomic E-state index is 0.474. The molecule has 1 aromatic carbocycles. The summed E-state index contributed by atoms with van der Waals surface area (Å²) in [6.07, 6.45) is 3.14. The van der Waals surface area contributed by atoms with Crippen molar-refractivity contribution in [1.29, 1.82) is 0 Å². The van der Waals surface area contributed by atoms with Gasteiger partial charge in [0.05, 0.1) is 11.8 Å². The first kappa shape index (κ1) is 10.7. The maximum Gasteiger partial charge on any atom is 0.258 e. The van der Waals surface area contributed by atoms with Crippen LogP contribution in [0.2, 0.25) is 0 Å². The lowest BCUT2D eigenvalue weighted by atomic mass is 10.1. The number of rotatable bonds is 3. The third-order valence-corrected chi connectivity index (χ3v) is 2.62. The highest BCUT2D eigenvalue weighted by molar-refractivity contribution is 5.59. The zero-order valence-electron chi connectivity index (χ0n) is 9.54. The van der Waals surface area contributed by atoms with E-state index >= 15 is 0 Å². The molecule has 2 heterocycles. The summed E-state index contributed by atoms with van der Waals surface area (Å²) in [4.78, 5) is 4.32. The number of hydrogen-bond acceptors (Lipinski definition) is 5. The van der Waals surface area contributed by atoms with E-state index in [1.54, 1.807) is 18.6 Å². The van der Waals surface area contributed by atoms with Gasteiger partial charge in [-0.1, -0.05) is 17.3 Å². The predicted octanol–water partition coefficient (Wildman–Crippen LogP) is 2.46. The van der Waals surface area contributed by atoms with Crippen molar-refractivity contribution in [1.82, 2.24) is 10.1 Å². The Labute approximate surface area is 103 Å². The smallest absolute Gasteiger partial charge is 0.258 e. The third-order valence-electron chi connectivity index (χ3n) is 2.62. The van der Waals surface area contributed by atoms with Crippen LogP contribution in [0.15, 0.2) is 51.8 Å². The Morgan fingerprint density at radius 1 is 1.17 bits per heavy atom. The van der Waals surface area contributed by atoms with Crippen LogP contribution >= 0.6 is 0 Å². The monoisotopic (exact) mass is 241 g/mol. The van der Waals surface area contributed by atoms with Crippen LogP contribution in [-0.2, 0) is 6.54 Å². The summed E-state index contributed by atoms with van der Waals surface area (Å²) in [5, 5.41) is 3.91. The zero-order chi connectivity index (χ0) is 12.4. The Morgan fingerprint density at radius 3 is 2.89 bits per heavy atom.